The van der Waals surface area contributed by atoms with E-state index >= 15 is 0 Å². The first kappa shape index (κ1) is 13.3. The van der Waals surface area contributed by atoms with Crippen LogP contribution in [0.1, 0.15) is 25.2 Å². The van der Waals surface area contributed by atoms with Crippen LogP contribution in [0.3, 0.4) is 0 Å². The zero-order valence-electron chi connectivity index (χ0n) is 9.50. The van der Waals surface area contributed by atoms with Gasteiger partial charge in [0, 0.05) is 12.4 Å². The highest BCUT2D eigenvalue weighted by atomic mass is 31.2. The highest BCUT2D eigenvalue weighted by molar-refractivity contribution is 7.54. The van der Waals surface area contributed by atoms with Gasteiger partial charge >= 0.3 is 7.60 Å². The summed E-state index contributed by atoms with van der Waals surface area (Å²) < 4.78 is 22.6. The zero-order chi connectivity index (χ0) is 12.0. The summed E-state index contributed by atoms with van der Waals surface area (Å²) in [7, 11) is -3.29. The maximum absolute atomic E-state index is 12.3. The molecule has 1 heterocycles. The van der Waals surface area contributed by atoms with Crippen molar-refractivity contribution in [2.75, 3.05) is 13.2 Å². The van der Waals surface area contributed by atoms with Crippen LogP contribution in [-0.4, -0.2) is 18.2 Å². The summed E-state index contributed by atoms with van der Waals surface area (Å²) in [6.07, 6.45) is 3.19. The van der Waals surface area contributed by atoms with Crippen LogP contribution in [0.25, 0.3) is 0 Å². The average molecular weight is 244 g/mol. The lowest BCUT2D eigenvalue weighted by Crippen LogP contribution is -2.15. The fourth-order valence-corrected chi connectivity index (χ4v) is 2.92. The van der Waals surface area contributed by atoms with Gasteiger partial charge < -0.3 is 14.8 Å². The van der Waals surface area contributed by atoms with Gasteiger partial charge in [-0.3, -0.25) is 9.55 Å². The molecule has 1 atom stereocenters. The molecule has 0 unspecified atom stereocenters. The average Bonchev–Trinajstić information content (AvgIpc) is 2.30. The molecule has 0 aromatic carbocycles. The molecular formula is C10H17N2O3P. The Bertz CT molecular complexity index is 348. The van der Waals surface area contributed by atoms with E-state index in [1.807, 2.05) is 0 Å². The van der Waals surface area contributed by atoms with Crippen molar-refractivity contribution >= 4 is 7.60 Å². The van der Waals surface area contributed by atoms with Crippen LogP contribution in [0, 0.1) is 0 Å². The van der Waals surface area contributed by atoms with Crippen molar-refractivity contribution in [2.45, 2.75) is 19.6 Å². The molecule has 0 saturated heterocycles. The van der Waals surface area contributed by atoms with E-state index in [1.54, 1.807) is 38.4 Å². The van der Waals surface area contributed by atoms with Crippen molar-refractivity contribution < 1.29 is 13.6 Å². The number of hydrogen-bond acceptors (Lipinski definition) is 5. The Balaban J connectivity index is 2.91. The third-order valence-electron chi connectivity index (χ3n) is 1.98. The number of nitrogens with zero attached hydrogens (tertiary/aromatic N) is 1. The van der Waals surface area contributed by atoms with Gasteiger partial charge in [-0.05, 0) is 25.5 Å². The van der Waals surface area contributed by atoms with Gasteiger partial charge in [0.1, 0.15) is 5.78 Å². The second-order valence-corrected chi connectivity index (χ2v) is 5.26. The van der Waals surface area contributed by atoms with E-state index in [2.05, 4.69) is 4.98 Å². The number of nitrogens with two attached hydrogens (primary N) is 1. The summed E-state index contributed by atoms with van der Waals surface area (Å²) in [5.41, 5.74) is 6.54. The van der Waals surface area contributed by atoms with Gasteiger partial charge in [-0.15, -0.1) is 0 Å². The molecule has 5 nitrogen and oxygen atoms in total. The summed E-state index contributed by atoms with van der Waals surface area (Å²) >= 11 is 0. The van der Waals surface area contributed by atoms with E-state index in [1.165, 1.54) is 0 Å². The minimum absolute atomic E-state index is 0.297. The van der Waals surface area contributed by atoms with Crippen molar-refractivity contribution in [3.63, 3.8) is 0 Å². The number of hydrogen-bond donors (Lipinski definition) is 1. The lowest BCUT2D eigenvalue weighted by molar-refractivity contribution is 0.212. The van der Waals surface area contributed by atoms with Crippen LogP contribution in [-0.2, 0) is 13.6 Å². The number of pyridine rings is 1. The van der Waals surface area contributed by atoms with Gasteiger partial charge in [-0.1, -0.05) is 6.07 Å². The minimum atomic E-state index is -3.29. The predicted octanol–water partition coefficient (Wildman–Crippen LogP) is 2.31. The smallest absolute Gasteiger partial charge is 0.314 e. The lowest BCUT2D eigenvalue weighted by atomic mass is 10.3. The van der Waals surface area contributed by atoms with Crippen molar-refractivity contribution in [2.24, 2.45) is 5.73 Å². The van der Waals surface area contributed by atoms with Gasteiger partial charge in [0.25, 0.3) is 0 Å². The normalized spacial score (nSPS) is 13.7. The molecule has 1 aromatic rings. The van der Waals surface area contributed by atoms with E-state index in [9.17, 15) is 4.57 Å². The Hall–Kier alpha value is -0.740. The number of aromatic nitrogens is 1. The maximum atomic E-state index is 12.3. The molecular weight excluding hydrogens is 227 g/mol. The quantitative estimate of drug-likeness (QED) is 0.777. The molecule has 0 radical (unpaired) electrons. The predicted molar refractivity (Wildman–Crippen MR) is 62.0 cm³/mol. The van der Waals surface area contributed by atoms with Crippen LogP contribution in [0.2, 0.25) is 0 Å². The van der Waals surface area contributed by atoms with Crippen LogP contribution < -0.4 is 5.73 Å². The van der Waals surface area contributed by atoms with Crippen LogP contribution in [0.5, 0.6) is 0 Å². The second kappa shape index (κ2) is 6.11. The Morgan fingerprint density at radius 3 is 2.50 bits per heavy atom. The summed E-state index contributed by atoms with van der Waals surface area (Å²) in [5, 5.41) is 0. The molecule has 0 aliphatic rings. The Labute approximate surface area is 95.5 Å². The molecule has 2 N–H and O–H groups in total. The summed E-state index contributed by atoms with van der Waals surface area (Å²) in [6.45, 7) is 4.10. The maximum Gasteiger partial charge on any atom is 0.351 e. The van der Waals surface area contributed by atoms with E-state index in [0.29, 0.717) is 18.8 Å². The fraction of sp³-hybridized carbons (Fsp3) is 0.500. The van der Waals surface area contributed by atoms with Gasteiger partial charge in [-0.25, -0.2) is 0 Å². The molecule has 0 bridgehead atoms. The van der Waals surface area contributed by atoms with Gasteiger partial charge in [0.05, 0.1) is 13.2 Å². The number of rotatable bonds is 6. The highest BCUT2D eigenvalue weighted by Gasteiger charge is 2.33. The van der Waals surface area contributed by atoms with Gasteiger partial charge in [-0.2, -0.15) is 0 Å². The fourth-order valence-electron chi connectivity index (χ4n) is 1.29. The van der Waals surface area contributed by atoms with E-state index in [-0.39, 0.29) is 0 Å². The third-order valence-corrected chi connectivity index (χ3v) is 4.20. The van der Waals surface area contributed by atoms with Gasteiger partial charge in [0.2, 0.25) is 0 Å². The van der Waals surface area contributed by atoms with Gasteiger partial charge in [0.15, 0.2) is 0 Å². The topological polar surface area (TPSA) is 74.4 Å². The molecule has 1 rings (SSSR count). The first-order chi connectivity index (χ1) is 7.64. The molecule has 90 valence electrons. The summed E-state index contributed by atoms with van der Waals surface area (Å²) in [6, 6.07) is 3.49. The molecule has 0 aliphatic heterocycles. The van der Waals surface area contributed by atoms with Crippen molar-refractivity contribution in [3.8, 4) is 0 Å². The third kappa shape index (κ3) is 3.12. The Morgan fingerprint density at radius 1 is 1.44 bits per heavy atom. The second-order valence-electron chi connectivity index (χ2n) is 3.11. The van der Waals surface area contributed by atoms with Crippen molar-refractivity contribution in [1.29, 1.82) is 0 Å². The lowest BCUT2D eigenvalue weighted by Gasteiger charge is -2.22. The van der Waals surface area contributed by atoms with Crippen molar-refractivity contribution in [3.05, 3.63) is 30.1 Å². The molecule has 0 spiro atoms. The first-order valence-corrected chi connectivity index (χ1v) is 6.79. The highest BCUT2D eigenvalue weighted by Crippen LogP contribution is 2.57. The Morgan fingerprint density at radius 2 is 2.06 bits per heavy atom. The Kier molecular flexibility index (Phi) is 5.09. The van der Waals surface area contributed by atoms with Crippen LogP contribution in [0.15, 0.2) is 24.5 Å². The monoisotopic (exact) mass is 244 g/mol. The molecule has 1 aromatic heterocycles. The van der Waals surface area contributed by atoms with E-state index in [4.69, 9.17) is 14.8 Å². The largest absolute Gasteiger partial charge is 0.351 e. The zero-order valence-corrected chi connectivity index (χ0v) is 10.4. The van der Waals surface area contributed by atoms with E-state index < -0.39 is 13.4 Å². The van der Waals surface area contributed by atoms with E-state index in [0.717, 1.165) is 0 Å². The standard InChI is InChI=1S/C10H17N2O3P/c1-3-14-16(13,15-4-2)10(11)9-6-5-7-12-8-9/h5-8,10H,3-4,11H2,1-2H3/t10-/m1/s1. The summed E-state index contributed by atoms with van der Waals surface area (Å²) in [5.74, 6) is -0.791. The van der Waals surface area contributed by atoms with Crippen LogP contribution in [0.4, 0.5) is 0 Å². The molecule has 0 amide bonds. The molecule has 0 saturated carbocycles. The van der Waals surface area contributed by atoms with Crippen LogP contribution >= 0.6 is 7.60 Å². The molecule has 16 heavy (non-hydrogen) atoms. The molecule has 6 heteroatoms. The first-order valence-electron chi connectivity index (χ1n) is 5.18. The summed E-state index contributed by atoms with van der Waals surface area (Å²) in [4.78, 5) is 3.93. The van der Waals surface area contributed by atoms with Crippen molar-refractivity contribution in [1.82, 2.24) is 4.98 Å². The molecule has 0 aliphatic carbocycles. The molecule has 0 fully saturated rings. The SMILES string of the molecule is CCOP(=O)(OCC)[C@@H](N)c1cccnc1. The minimum Gasteiger partial charge on any atom is -0.314 e.